The van der Waals surface area contributed by atoms with Gasteiger partial charge in [-0.3, -0.25) is 0 Å². The molecule has 1 N–H and O–H groups in total. The number of ether oxygens (including phenoxy) is 1. The molecule has 0 unspecified atom stereocenters. The summed E-state index contributed by atoms with van der Waals surface area (Å²) in [5.74, 6) is 0.901. The monoisotopic (exact) mass is 231 g/mol. The molecule has 90 valence electrons. The molecule has 0 saturated heterocycles. The molecule has 0 fully saturated rings. The van der Waals surface area contributed by atoms with Crippen molar-refractivity contribution in [2.24, 2.45) is 0 Å². The third kappa shape index (κ3) is 2.67. The Morgan fingerprint density at radius 1 is 1.29 bits per heavy atom. The topological polar surface area (TPSA) is 24.3 Å². The van der Waals surface area contributed by atoms with Crippen LogP contribution in [0.4, 0.5) is 5.69 Å². The first-order valence-corrected chi connectivity index (χ1v) is 5.81. The van der Waals surface area contributed by atoms with E-state index in [2.05, 4.69) is 30.8 Å². The van der Waals surface area contributed by atoms with E-state index in [0.29, 0.717) is 0 Å². The Morgan fingerprint density at radius 2 is 2.00 bits per heavy atom. The third-order valence-electron chi connectivity index (χ3n) is 3.06. The summed E-state index contributed by atoms with van der Waals surface area (Å²) in [6.45, 7) is 5.06. The Morgan fingerprint density at radius 3 is 2.59 bits per heavy atom. The lowest BCUT2D eigenvalue weighted by molar-refractivity contribution is -0.562. The SMILES string of the molecule is C[N+]1=C(C=CNc2ccccc2)OCC1(C)C. The number of hydrogen-bond donors (Lipinski definition) is 1. The molecule has 0 spiro atoms. The summed E-state index contributed by atoms with van der Waals surface area (Å²) >= 11 is 0. The van der Waals surface area contributed by atoms with Crippen molar-refractivity contribution in [2.45, 2.75) is 19.4 Å². The second-order valence-electron chi connectivity index (χ2n) is 4.84. The summed E-state index contributed by atoms with van der Waals surface area (Å²) in [5.41, 5.74) is 1.15. The van der Waals surface area contributed by atoms with Crippen LogP contribution in [0.25, 0.3) is 0 Å². The summed E-state index contributed by atoms with van der Waals surface area (Å²) in [4.78, 5) is 0. The zero-order valence-electron chi connectivity index (χ0n) is 10.6. The highest BCUT2D eigenvalue weighted by atomic mass is 16.5. The minimum absolute atomic E-state index is 0.0758. The molecule has 0 aliphatic carbocycles. The largest absolute Gasteiger partial charge is 0.437 e. The zero-order valence-corrected chi connectivity index (χ0v) is 10.6. The molecule has 1 aromatic rings. The standard InChI is InChI=1S/C14H18N2O/c1-14(2)11-17-13(16(14)3)9-10-15-12-7-5-4-6-8-12/h4-10H,11H2,1-3H3/p+1. The van der Waals surface area contributed by atoms with Crippen LogP contribution in [0.2, 0.25) is 0 Å². The number of likely N-dealkylation sites (N-methyl/N-ethyl adjacent to an activating group) is 1. The van der Waals surface area contributed by atoms with E-state index in [1.165, 1.54) is 0 Å². The summed E-state index contributed by atoms with van der Waals surface area (Å²) in [5, 5.41) is 3.21. The fraction of sp³-hybridized carbons (Fsp3) is 0.357. The van der Waals surface area contributed by atoms with E-state index in [1.54, 1.807) is 0 Å². The molecule has 17 heavy (non-hydrogen) atoms. The van der Waals surface area contributed by atoms with Crippen LogP contribution in [0.15, 0.2) is 42.6 Å². The van der Waals surface area contributed by atoms with Gasteiger partial charge in [-0.2, -0.15) is 4.58 Å². The summed E-state index contributed by atoms with van der Waals surface area (Å²) in [6.07, 6.45) is 3.87. The van der Waals surface area contributed by atoms with Crippen LogP contribution in [0, 0.1) is 0 Å². The van der Waals surface area contributed by atoms with Gasteiger partial charge in [0.15, 0.2) is 12.1 Å². The molecule has 1 aliphatic heterocycles. The maximum Gasteiger partial charge on any atom is 0.364 e. The molecular formula is C14H19N2O+. The fourth-order valence-corrected chi connectivity index (χ4v) is 1.65. The molecule has 0 atom stereocenters. The van der Waals surface area contributed by atoms with Gasteiger partial charge < -0.3 is 10.1 Å². The molecular weight excluding hydrogens is 212 g/mol. The second-order valence-corrected chi connectivity index (χ2v) is 4.84. The number of rotatable bonds is 3. The first-order chi connectivity index (χ1) is 8.09. The van der Waals surface area contributed by atoms with E-state index < -0.39 is 0 Å². The van der Waals surface area contributed by atoms with Gasteiger partial charge in [-0.05, 0) is 12.1 Å². The zero-order chi connectivity index (χ0) is 12.3. The first-order valence-electron chi connectivity index (χ1n) is 5.81. The lowest BCUT2D eigenvalue weighted by Gasteiger charge is -2.09. The van der Waals surface area contributed by atoms with Crippen LogP contribution in [0.3, 0.4) is 0 Å². The van der Waals surface area contributed by atoms with Crippen molar-refractivity contribution in [1.29, 1.82) is 0 Å². The van der Waals surface area contributed by atoms with E-state index in [9.17, 15) is 0 Å². The highest BCUT2D eigenvalue weighted by molar-refractivity contribution is 5.84. The Bertz CT molecular complexity index is 447. The van der Waals surface area contributed by atoms with Gasteiger partial charge in [0.2, 0.25) is 0 Å². The smallest absolute Gasteiger partial charge is 0.364 e. The van der Waals surface area contributed by atoms with Crippen LogP contribution in [0.1, 0.15) is 13.8 Å². The maximum absolute atomic E-state index is 5.63. The molecule has 0 aromatic heterocycles. The fourth-order valence-electron chi connectivity index (χ4n) is 1.65. The van der Waals surface area contributed by atoms with Crippen molar-refractivity contribution in [3.8, 4) is 0 Å². The van der Waals surface area contributed by atoms with Gasteiger partial charge in [-0.15, -0.1) is 0 Å². The predicted molar refractivity (Wildman–Crippen MR) is 70.4 cm³/mol. The maximum atomic E-state index is 5.63. The average Bonchev–Trinajstić information content (AvgIpc) is 2.57. The molecule has 3 heteroatoms. The molecule has 1 aliphatic rings. The number of nitrogens with one attached hydrogen (secondary N) is 1. The Hall–Kier alpha value is -1.77. The van der Waals surface area contributed by atoms with Gasteiger partial charge in [0.1, 0.15) is 7.05 Å². The molecule has 1 heterocycles. The number of hydrogen-bond acceptors (Lipinski definition) is 2. The quantitative estimate of drug-likeness (QED) is 0.808. The van der Waals surface area contributed by atoms with Crippen LogP contribution in [-0.2, 0) is 4.74 Å². The Balaban J connectivity index is 2.01. The van der Waals surface area contributed by atoms with Gasteiger partial charge >= 0.3 is 5.90 Å². The van der Waals surface area contributed by atoms with Crippen molar-refractivity contribution in [1.82, 2.24) is 0 Å². The van der Waals surface area contributed by atoms with E-state index in [1.807, 2.05) is 42.6 Å². The molecule has 0 radical (unpaired) electrons. The van der Waals surface area contributed by atoms with Crippen LogP contribution in [-0.4, -0.2) is 29.7 Å². The number of para-hydroxylation sites is 1. The van der Waals surface area contributed by atoms with E-state index >= 15 is 0 Å². The predicted octanol–water partition coefficient (Wildman–Crippen LogP) is 2.46. The number of benzene rings is 1. The highest BCUT2D eigenvalue weighted by Gasteiger charge is 2.38. The molecule has 0 bridgehead atoms. The van der Waals surface area contributed by atoms with Crippen molar-refractivity contribution < 1.29 is 9.31 Å². The molecule has 1 aromatic carbocycles. The first kappa shape index (κ1) is 11.7. The summed E-state index contributed by atoms with van der Waals surface area (Å²) in [6, 6.07) is 10.1. The normalized spacial score (nSPS) is 18.5. The second kappa shape index (κ2) is 4.62. The van der Waals surface area contributed by atoms with E-state index in [0.717, 1.165) is 18.2 Å². The van der Waals surface area contributed by atoms with Gasteiger partial charge in [0.25, 0.3) is 0 Å². The van der Waals surface area contributed by atoms with E-state index in [4.69, 9.17) is 4.74 Å². The lowest BCUT2D eigenvalue weighted by atomic mass is 10.1. The Labute approximate surface area is 102 Å². The third-order valence-corrected chi connectivity index (χ3v) is 3.06. The highest BCUT2D eigenvalue weighted by Crippen LogP contribution is 2.15. The van der Waals surface area contributed by atoms with Crippen LogP contribution >= 0.6 is 0 Å². The molecule has 2 rings (SSSR count). The number of anilines is 1. The van der Waals surface area contributed by atoms with Crippen molar-refractivity contribution >= 4 is 11.6 Å². The molecule has 0 amide bonds. The lowest BCUT2D eigenvalue weighted by Crippen LogP contribution is -2.33. The summed E-state index contributed by atoms with van der Waals surface area (Å²) in [7, 11) is 2.05. The molecule has 0 saturated carbocycles. The van der Waals surface area contributed by atoms with Gasteiger partial charge in [0.05, 0.1) is 6.08 Å². The average molecular weight is 231 g/mol. The van der Waals surface area contributed by atoms with Crippen LogP contribution in [0.5, 0.6) is 0 Å². The molecule has 3 nitrogen and oxygen atoms in total. The van der Waals surface area contributed by atoms with Crippen LogP contribution < -0.4 is 5.32 Å². The van der Waals surface area contributed by atoms with Crippen molar-refractivity contribution in [3.05, 3.63) is 42.6 Å². The van der Waals surface area contributed by atoms with Gasteiger partial charge in [-0.1, -0.05) is 18.2 Å². The van der Waals surface area contributed by atoms with Gasteiger partial charge in [-0.25, -0.2) is 0 Å². The van der Waals surface area contributed by atoms with Crippen molar-refractivity contribution in [2.75, 3.05) is 19.0 Å². The minimum atomic E-state index is 0.0758. The summed E-state index contributed by atoms with van der Waals surface area (Å²) < 4.78 is 7.78. The Kier molecular flexibility index (Phi) is 3.18. The minimum Gasteiger partial charge on any atom is -0.437 e. The van der Waals surface area contributed by atoms with Crippen molar-refractivity contribution in [3.63, 3.8) is 0 Å². The number of nitrogens with zero attached hydrogens (tertiary/aromatic N) is 1. The van der Waals surface area contributed by atoms with E-state index in [-0.39, 0.29) is 5.54 Å². The van der Waals surface area contributed by atoms with Gasteiger partial charge in [0, 0.05) is 25.7 Å².